The fourth-order valence-corrected chi connectivity index (χ4v) is 28.8. The number of likely N-dealkylation sites (N-methyl/N-ethyl adjacent to an activating group) is 1. The predicted octanol–water partition coefficient (Wildman–Crippen LogP) is 8.87. The van der Waals surface area contributed by atoms with Crippen LogP contribution in [0.1, 0.15) is 216 Å². The van der Waals surface area contributed by atoms with Crippen molar-refractivity contribution in [3.05, 3.63) is 206 Å². The summed E-state index contributed by atoms with van der Waals surface area (Å²) in [5.41, 5.74) is 28.6. The van der Waals surface area contributed by atoms with Crippen LogP contribution in [0.15, 0.2) is 102 Å². The van der Waals surface area contributed by atoms with Crippen molar-refractivity contribution in [1.82, 2.24) is 83.3 Å². The average Bonchev–Trinajstić information content (AvgIpc) is 1.64. The molecule has 25 rings (SSSR count). The number of rotatable bonds is 18. The van der Waals surface area contributed by atoms with Gasteiger partial charge in [-0.3, -0.25) is 43.8 Å². The number of nitrogens with one attached hydrogen (secondary N) is 11. The van der Waals surface area contributed by atoms with E-state index in [1.807, 2.05) is 4.72 Å². The number of sulfonamides is 5. The third-order valence-electron chi connectivity index (χ3n) is 29.7. The van der Waals surface area contributed by atoms with E-state index < -0.39 is 78.9 Å². The number of thiocarbonyl (C=S) groups is 1. The zero-order valence-electron chi connectivity index (χ0n) is 81.2. The monoisotopic (exact) mass is 2130 g/mol. The lowest BCUT2D eigenvalue weighted by Gasteiger charge is -2.24. The largest absolute Gasteiger partial charge is 0.477 e. The number of nitriles is 1. The van der Waals surface area contributed by atoms with Crippen LogP contribution in [0.5, 0.6) is 17.6 Å². The summed E-state index contributed by atoms with van der Waals surface area (Å²) in [4.78, 5) is 61.2. The van der Waals surface area contributed by atoms with E-state index in [9.17, 15) is 76.6 Å². The maximum absolute atomic E-state index is 13.1. The Kier molecular flexibility index (Phi) is 27.6. The molecule has 0 radical (unpaired) electrons. The van der Waals surface area contributed by atoms with Crippen LogP contribution >= 0.6 is 12.2 Å². The van der Waals surface area contributed by atoms with Gasteiger partial charge < -0.3 is 51.0 Å². The second kappa shape index (κ2) is 40.9. The number of carbonyl (C=O) groups excluding carboxylic acids is 4. The van der Waals surface area contributed by atoms with Gasteiger partial charge in [0.15, 0.2) is 31.8 Å². The smallest absolute Gasteiger partial charge is 0.333 e. The molecule has 50 heteroatoms. The number of hydrogen-bond acceptors (Lipinski definition) is 27. The zero-order valence-corrected chi connectivity index (χ0v) is 86.1. The maximum atomic E-state index is 13.1. The molecule has 0 unspecified atom stereocenters. The van der Waals surface area contributed by atoms with E-state index in [1.165, 1.54) is 120 Å². The van der Waals surface area contributed by atoms with Gasteiger partial charge in [-0.05, 0) is 316 Å². The number of aromatic nitrogens is 10. The molecule has 0 fully saturated rings. The highest BCUT2D eigenvalue weighted by molar-refractivity contribution is 7.92. The Morgan fingerprint density at radius 3 is 1.10 bits per heavy atom. The molecule has 6 amide bonds. The summed E-state index contributed by atoms with van der Waals surface area (Å²) in [5.74, 6) is -0.629. The third kappa shape index (κ3) is 19.9. The van der Waals surface area contributed by atoms with E-state index in [2.05, 4.69) is 112 Å². The van der Waals surface area contributed by atoms with Crippen LogP contribution < -0.4 is 70.3 Å². The predicted molar refractivity (Wildman–Crippen MR) is 544 cm³/mol. The molecule has 0 spiro atoms. The zero-order chi connectivity index (χ0) is 103. The van der Waals surface area contributed by atoms with Crippen molar-refractivity contribution < 1.29 is 80.4 Å². The second-order valence-corrected chi connectivity index (χ2v) is 47.6. The normalized spacial score (nSPS) is 17.4. The van der Waals surface area contributed by atoms with Gasteiger partial charge in [0.2, 0.25) is 23.6 Å². The van der Waals surface area contributed by atoms with Gasteiger partial charge in [-0.1, -0.05) is 30.3 Å². The molecule has 10 aromatic rings. The molecule has 5 aromatic carbocycles. The fraction of sp³-hybridized carbons (Fsp3) is 0.449. The molecule has 11 N–H and O–H groups in total. The van der Waals surface area contributed by atoms with Crippen LogP contribution in [0.25, 0.3) is 0 Å². The molecular weight excluding hydrogens is 2020 g/mol. The summed E-state index contributed by atoms with van der Waals surface area (Å²) in [6.45, 7) is 4.73. The van der Waals surface area contributed by atoms with Crippen LogP contribution in [-0.2, 0) is 211 Å². The number of amides is 6. The first-order chi connectivity index (χ1) is 71.3. The lowest BCUT2D eigenvalue weighted by atomic mass is 9.99. The highest BCUT2D eigenvalue weighted by atomic mass is 32.2. The maximum Gasteiger partial charge on any atom is 0.333 e. The van der Waals surface area contributed by atoms with Gasteiger partial charge in [0.25, 0.3) is 68.1 Å². The number of ether oxygens (including phenoxy) is 3. The van der Waals surface area contributed by atoms with Crippen molar-refractivity contribution in [2.45, 2.75) is 269 Å². The fourth-order valence-electron chi connectivity index (χ4n) is 23.2. The Morgan fingerprint density at radius 1 is 0.405 bits per heavy atom. The number of aryl methyl sites for hydroxylation is 13. The molecule has 0 bridgehead atoms. The lowest BCUT2D eigenvalue weighted by Crippen LogP contribution is -2.40. The molecule has 44 nitrogen and oxygen atoms in total. The van der Waals surface area contributed by atoms with Crippen molar-refractivity contribution in [3.63, 3.8) is 0 Å². The van der Waals surface area contributed by atoms with E-state index in [4.69, 9.17) is 26.4 Å². The number of carbonyl (C=O) groups is 4. The van der Waals surface area contributed by atoms with Crippen LogP contribution in [0.4, 0.5) is 38.0 Å². The van der Waals surface area contributed by atoms with Crippen LogP contribution in [0.3, 0.4) is 0 Å². The standard InChI is InChI=1S/C20H22N6O3S.C20H23N5O5S.C20H23N5O4S.C19H21N5O4S.C19H22N4O3S2/c21-12-22-20(25-30(27,28)17-11-23-26-8-3-9-29-19(17)26)24-18-15-6-1-4-13(15)10-14-5-2-7-16(14)18;26-25(27)12-18(23-31(28,29)17-11-21-24-8-3-9-30-20(17)24)22-19-15-6-1-4-13(15)10-14-5-2-7-16(14)19;1-24-8-9-25-18(19(24)26)16(11-21-25)30(28,29)23-20(27)22-17-14-6-2-4-12(14)10-13-5-3-7-15(13)17;25-18-17-15(10-21-24(17)8-7-20-18)29(27,28)23-19(26)22-16-13-5-1-3-11(13)9-12-4-2-6-14(12)16;24-28(25,16-11-20-23-8-3-9-26-18(16)23)22-19(27)21-17-14-6-1-4-12(14)10-13-5-2-7-15(13)17/h10-11H,1-9H2,(H2,22,24,25);10-12,22-23H,1-9H2;10-11H,2-9H2,1H3,(H2,22,23,27);9-10H,1-8H2,(H,20,25)(H2,22,23,26);10-11H,1-9H2,(H2,21,22,27)/b;18-12-;;;. The van der Waals surface area contributed by atoms with Gasteiger partial charge in [0, 0.05) is 87.5 Å². The molecule has 15 aliphatic rings. The number of benzene rings is 5. The summed E-state index contributed by atoms with van der Waals surface area (Å²) >= 11 is 5.39. The molecule has 0 saturated heterocycles. The van der Waals surface area contributed by atoms with Gasteiger partial charge in [-0.25, -0.2) is 66.7 Å². The Bertz CT molecular complexity index is 7770. The number of urea groups is 2. The van der Waals surface area contributed by atoms with Gasteiger partial charge in [-0.2, -0.15) is 39.2 Å². The van der Waals surface area contributed by atoms with Crippen LogP contribution in [0, 0.1) is 21.6 Å². The quantitative estimate of drug-likeness (QED) is 0.00726. The third-order valence-corrected chi connectivity index (χ3v) is 36.7. The van der Waals surface area contributed by atoms with E-state index in [0.717, 1.165) is 286 Å². The lowest BCUT2D eigenvalue weighted by molar-refractivity contribution is -0.403. The first kappa shape index (κ1) is 99.9. The minimum absolute atomic E-state index is 0.0226. The first-order valence-corrected chi connectivity index (χ1v) is 58.1. The SMILES string of the molecule is CN1CCn2ncc(S(=O)(=O)NC(=O)Nc3c4c(cc5c3CCC5)CCC4)c2C1=O.N#CNC(=NS(=O)(=O)c1cnn2c1OCCC2)Nc1c2c(cc3c1CCC3)CCC2.O=C(Nc1c2c(cc3c1CCC3)CCC2)NS(=O)(=O)c1cnn2c1C(=O)NCC2.O=S(=O)(NC(=S)Nc1c2c(cc3c1CCC3)CCC2)c1cnn2c1OCCC2.O=[N+]([O-])/C=C(/Nc1c2c(cc3c1CCC3)CCC2)NS(=O)(=O)c1cnn2c1OCCC2. The van der Waals surface area contributed by atoms with Crippen molar-refractivity contribution in [3.8, 4) is 23.8 Å². The minimum atomic E-state index is -4.26. The first-order valence-electron chi connectivity index (χ1n) is 50.3. The Labute approximate surface area is 858 Å². The molecule has 778 valence electrons. The van der Waals surface area contributed by atoms with E-state index in [1.54, 1.807) is 17.9 Å². The topological polar surface area (TPSA) is 571 Å². The number of anilines is 5. The van der Waals surface area contributed by atoms with E-state index in [0.29, 0.717) is 71.8 Å². The Balaban J connectivity index is 0.000000108. The van der Waals surface area contributed by atoms with Gasteiger partial charge >= 0.3 is 12.1 Å². The summed E-state index contributed by atoms with van der Waals surface area (Å²) in [5, 5.41) is 60.9. The van der Waals surface area contributed by atoms with Gasteiger partial charge in [-0.15, -0.1) is 4.40 Å². The van der Waals surface area contributed by atoms with Crippen molar-refractivity contribution >= 4 is 126 Å². The molecule has 5 aliphatic heterocycles. The highest BCUT2D eigenvalue weighted by Gasteiger charge is 2.41. The summed E-state index contributed by atoms with van der Waals surface area (Å²) in [6.07, 6.45) is 40.5. The van der Waals surface area contributed by atoms with Crippen LogP contribution in [-0.4, -0.2) is 176 Å². The summed E-state index contributed by atoms with van der Waals surface area (Å²) in [7, 11) is -19.0. The second-order valence-electron chi connectivity index (χ2n) is 39.0. The Morgan fingerprint density at radius 2 is 0.723 bits per heavy atom. The molecule has 5 aromatic heterocycles. The molecular formula is C98H111N25O19S6. The van der Waals surface area contributed by atoms with Crippen molar-refractivity contribution in [2.75, 3.05) is 66.5 Å². The number of hydrogen-bond donors (Lipinski definition) is 11. The molecule has 10 heterocycles. The highest BCUT2D eigenvalue weighted by Crippen LogP contribution is 2.46. The number of fused-ring (bicyclic) bond motifs is 15. The van der Waals surface area contributed by atoms with E-state index in [-0.39, 0.29) is 70.4 Å². The minimum Gasteiger partial charge on any atom is -0.477 e. The van der Waals surface area contributed by atoms with Crippen molar-refractivity contribution in [1.29, 1.82) is 5.26 Å². The molecule has 148 heavy (non-hydrogen) atoms. The van der Waals surface area contributed by atoms with Gasteiger partial charge in [0.1, 0.15) is 21.2 Å². The number of nitro groups is 1. The summed E-state index contributed by atoms with van der Waals surface area (Å²) < 4.78 is 166. The van der Waals surface area contributed by atoms with Gasteiger partial charge in [0.05, 0.1) is 68.8 Å². The Hall–Kier alpha value is -14.0. The summed E-state index contributed by atoms with van der Waals surface area (Å²) in [6, 6.07) is 9.70. The number of guanidine groups is 1. The molecule has 10 aliphatic carbocycles. The van der Waals surface area contributed by atoms with Crippen LogP contribution in [0.2, 0.25) is 0 Å². The van der Waals surface area contributed by atoms with E-state index >= 15 is 0 Å². The molecule has 0 atom stereocenters. The average molecular weight is 2140 g/mol. The molecule has 0 saturated carbocycles. The number of nitrogens with zero attached hydrogens (tertiary/aromatic N) is 14. The van der Waals surface area contributed by atoms with Crippen molar-refractivity contribution in [2.24, 2.45) is 4.40 Å².